The maximum Gasteiger partial charge on any atom is 0.418 e. The zero-order valence-electron chi connectivity index (χ0n) is 15.5. The molecule has 0 aromatic rings. The Bertz CT molecular complexity index is 734. The lowest BCUT2D eigenvalue weighted by atomic mass is 9.64. The highest BCUT2D eigenvalue weighted by Gasteiger charge is 3.12. The molecule has 1 aliphatic heterocycles. The van der Waals surface area contributed by atoms with Crippen molar-refractivity contribution in [2.75, 3.05) is 0 Å². The lowest BCUT2D eigenvalue weighted by Crippen LogP contribution is -2.81. The minimum atomic E-state index is -9.55. The van der Waals surface area contributed by atoms with Crippen molar-refractivity contribution in [3.05, 3.63) is 0 Å². The molecule has 0 unspecified atom stereocenters. The second-order valence-electron chi connectivity index (χ2n) is 6.94. The van der Waals surface area contributed by atoms with Crippen LogP contribution in [0.1, 0.15) is 0 Å². The summed E-state index contributed by atoms with van der Waals surface area (Å²) in [6.07, 6.45) is -61.6. The molecule has 0 amide bonds. The summed E-state index contributed by atoms with van der Waals surface area (Å²) >= 11 is 0. The molecule has 1 aliphatic rings. The Morgan fingerprint density at radius 1 is 0.324 bits per heavy atom. The summed E-state index contributed by atoms with van der Waals surface area (Å²) < 4.78 is 319. The summed E-state index contributed by atoms with van der Waals surface area (Å²) in [5.41, 5.74) is -27.6. The third-order valence-corrected chi connectivity index (χ3v) is 5.03. The van der Waals surface area contributed by atoms with Gasteiger partial charge in [-0.2, -0.15) is 87.8 Å². The highest BCUT2D eigenvalue weighted by molar-refractivity contribution is 5.33. The molecule has 0 aromatic carbocycles. The second kappa shape index (κ2) is 7.47. The number of alkyl halides is 24. The first-order chi connectivity index (χ1) is 15.5. The quantitative estimate of drug-likeness (QED) is 0.231. The number of rotatable bonds is 4. The fourth-order valence-electron chi connectivity index (χ4n) is 3.42. The van der Waals surface area contributed by atoms with Gasteiger partial charge in [0.1, 0.15) is 0 Å². The Balaban J connectivity index is 4.60. The van der Waals surface area contributed by atoms with E-state index in [4.69, 9.17) is 0 Å². The summed E-state index contributed by atoms with van der Waals surface area (Å²) in [4.78, 5) is 0. The molecule has 0 spiro atoms. The predicted octanol–water partition coefficient (Wildman–Crippen LogP) is 7.97. The minimum absolute atomic E-state index is 1.57. The van der Waals surface area contributed by atoms with Crippen LogP contribution < -0.4 is 0 Å². The summed E-state index contributed by atoms with van der Waals surface area (Å²) in [6, 6.07) is 0. The van der Waals surface area contributed by atoms with E-state index in [1.807, 2.05) is 0 Å². The normalized spacial score (nSPS) is 20.8. The summed E-state index contributed by atoms with van der Waals surface area (Å²) in [6.45, 7) is 0. The van der Waals surface area contributed by atoms with Crippen molar-refractivity contribution in [3.63, 3.8) is 0 Å². The van der Waals surface area contributed by atoms with E-state index in [0.717, 1.165) is 0 Å². The molecule has 25 heteroatoms. The first-order valence-electron chi connectivity index (χ1n) is 7.69. The second-order valence-corrected chi connectivity index (χ2v) is 6.94. The number of ether oxygens (including phenoxy) is 1. The largest absolute Gasteiger partial charge is 0.418 e. The van der Waals surface area contributed by atoms with Gasteiger partial charge in [-0.25, -0.2) is 17.6 Å². The highest BCUT2D eigenvalue weighted by atomic mass is 19.5. The zero-order valence-corrected chi connectivity index (χ0v) is 15.5. The van der Waals surface area contributed by atoms with Gasteiger partial charge >= 0.3 is 65.8 Å². The molecule has 37 heavy (non-hydrogen) atoms. The monoisotopic (exact) mass is 616 g/mol. The molecule has 0 atom stereocenters. The van der Waals surface area contributed by atoms with Crippen LogP contribution in [0.5, 0.6) is 0 Å². The summed E-state index contributed by atoms with van der Waals surface area (Å²) in [5, 5.41) is 0. The van der Waals surface area contributed by atoms with E-state index >= 15 is 0 Å². The Kier molecular flexibility index (Phi) is 6.73. The van der Waals surface area contributed by atoms with Crippen molar-refractivity contribution in [1.29, 1.82) is 0 Å². The topological polar surface area (TPSA) is 12.5 Å². The van der Waals surface area contributed by atoms with Gasteiger partial charge in [0, 0.05) is 0 Å². The van der Waals surface area contributed by atoms with Crippen LogP contribution >= 0.6 is 0 Å². The molecule has 222 valence electrons. The molecule has 1 fully saturated rings. The van der Waals surface area contributed by atoms with Crippen LogP contribution in [-0.4, -0.2) is 60.6 Å². The molecular formula is C12F24O. The van der Waals surface area contributed by atoms with E-state index in [0.29, 0.717) is 0 Å². The van der Waals surface area contributed by atoms with E-state index < -0.39 is 71.4 Å². The molecule has 0 N–H and O–H groups in total. The average molecular weight is 616 g/mol. The van der Waals surface area contributed by atoms with Gasteiger partial charge in [0.15, 0.2) is 0 Å². The fraction of sp³-hybridized carbons (Fsp3) is 1.00. The molecular weight excluding hydrogens is 616 g/mol. The highest BCUT2D eigenvalue weighted by Crippen LogP contribution is 2.82. The standard InChI is InChI=1S/C12F24O/c13-4(14,1(6(17,18)19,7(20,21)22)8(23,24)25)3(12(35,36)37-3)5(15,16)2(9(26,27)28,10(29,30)31)11(32,33)34. The third-order valence-electron chi connectivity index (χ3n) is 5.03. The van der Waals surface area contributed by atoms with E-state index in [1.54, 1.807) is 4.74 Å². The van der Waals surface area contributed by atoms with Gasteiger partial charge in [-0.05, 0) is 0 Å². The van der Waals surface area contributed by atoms with Gasteiger partial charge in [0.2, 0.25) is 0 Å². The van der Waals surface area contributed by atoms with Crippen molar-refractivity contribution < 1.29 is 110 Å². The van der Waals surface area contributed by atoms with Crippen LogP contribution in [0.25, 0.3) is 0 Å². The first-order valence-corrected chi connectivity index (χ1v) is 7.69. The first kappa shape index (κ1) is 33.3. The van der Waals surface area contributed by atoms with Gasteiger partial charge < -0.3 is 0 Å². The van der Waals surface area contributed by atoms with Crippen LogP contribution in [0, 0.1) is 10.8 Å². The number of hydrogen-bond acceptors (Lipinski definition) is 1. The van der Waals surface area contributed by atoms with Crippen molar-refractivity contribution in [2.24, 2.45) is 10.8 Å². The molecule has 0 aliphatic carbocycles. The van der Waals surface area contributed by atoms with E-state index in [1.165, 1.54) is 0 Å². The van der Waals surface area contributed by atoms with Gasteiger partial charge in [0.05, 0.1) is 0 Å². The van der Waals surface area contributed by atoms with Crippen molar-refractivity contribution >= 4 is 0 Å². The number of hydrogen-bond donors (Lipinski definition) is 0. The predicted molar refractivity (Wildman–Crippen MR) is 59.9 cm³/mol. The van der Waals surface area contributed by atoms with Crippen molar-refractivity contribution in [3.8, 4) is 0 Å². The SMILES string of the molecule is FC(F)(F)C(C(F)(F)F)(C(F)(F)F)C(F)(F)C1(C(F)(F)C(C(F)(F)F)(C(F)(F)F)C(F)(F)F)OC1(F)F. The molecule has 0 radical (unpaired) electrons. The van der Waals surface area contributed by atoms with Gasteiger partial charge in [-0.1, -0.05) is 0 Å². The smallest absolute Gasteiger partial charge is 0.290 e. The van der Waals surface area contributed by atoms with E-state index in [9.17, 15) is 105 Å². The molecule has 1 heterocycles. The van der Waals surface area contributed by atoms with E-state index in [-0.39, 0.29) is 0 Å². The molecule has 0 aromatic heterocycles. The molecule has 1 rings (SSSR count). The lowest BCUT2D eigenvalue weighted by molar-refractivity contribution is -0.513. The molecule has 1 nitrogen and oxygen atoms in total. The average Bonchev–Trinajstić information content (AvgIpc) is 3.02. The fourth-order valence-corrected chi connectivity index (χ4v) is 3.42. The van der Waals surface area contributed by atoms with Crippen molar-refractivity contribution in [2.45, 2.75) is 60.6 Å². The third kappa shape index (κ3) is 3.48. The maximum atomic E-state index is 14.4. The van der Waals surface area contributed by atoms with Gasteiger partial charge in [-0.15, -0.1) is 0 Å². The summed E-state index contributed by atoms with van der Waals surface area (Å²) in [5.74, 6) is -19.1. The Morgan fingerprint density at radius 3 is 0.541 bits per heavy atom. The maximum absolute atomic E-state index is 14.4. The summed E-state index contributed by atoms with van der Waals surface area (Å²) in [7, 11) is 0. The number of epoxide rings is 1. The molecule has 0 bridgehead atoms. The van der Waals surface area contributed by atoms with Crippen LogP contribution in [0.3, 0.4) is 0 Å². The van der Waals surface area contributed by atoms with Gasteiger partial charge in [-0.3, -0.25) is 4.74 Å². The van der Waals surface area contributed by atoms with E-state index in [2.05, 4.69) is 0 Å². The molecule has 0 saturated carbocycles. The Labute approximate surface area is 183 Å². The van der Waals surface area contributed by atoms with Crippen LogP contribution in [0.4, 0.5) is 105 Å². The van der Waals surface area contributed by atoms with Crippen molar-refractivity contribution in [1.82, 2.24) is 0 Å². The Morgan fingerprint density at radius 2 is 0.459 bits per heavy atom. The van der Waals surface area contributed by atoms with Crippen LogP contribution in [0.2, 0.25) is 0 Å². The zero-order chi connectivity index (χ0) is 30.7. The van der Waals surface area contributed by atoms with Crippen LogP contribution in [-0.2, 0) is 4.74 Å². The van der Waals surface area contributed by atoms with Crippen LogP contribution in [0.15, 0.2) is 0 Å². The Hall–Kier alpha value is -1.72. The van der Waals surface area contributed by atoms with Gasteiger partial charge in [0.25, 0.3) is 5.60 Å². The lowest BCUT2D eigenvalue weighted by Gasteiger charge is -2.50. The molecule has 1 saturated heterocycles. The minimum Gasteiger partial charge on any atom is -0.290 e. The number of halogens is 24.